The van der Waals surface area contributed by atoms with E-state index in [9.17, 15) is 19.5 Å². The number of hydrogen-bond acceptors (Lipinski definition) is 6. The maximum absolute atomic E-state index is 12.4. The Kier molecular flexibility index (Phi) is 3.76. The first kappa shape index (κ1) is 15.7. The van der Waals surface area contributed by atoms with Crippen molar-refractivity contribution in [1.29, 1.82) is 0 Å². The first-order valence-electron chi connectivity index (χ1n) is 7.14. The van der Waals surface area contributed by atoms with Gasteiger partial charge in [0.05, 0.1) is 18.3 Å². The molecule has 3 aromatic rings. The molecule has 3 aromatic heterocycles. The van der Waals surface area contributed by atoms with Crippen molar-refractivity contribution in [3.05, 3.63) is 57.3 Å². The fourth-order valence-corrected chi connectivity index (χ4v) is 2.64. The van der Waals surface area contributed by atoms with Crippen LogP contribution in [0.2, 0.25) is 0 Å². The summed E-state index contributed by atoms with van der Waals surface area (Å²) in [4.78, 5) is 44.0. The smallest absolute Gasteiger partial charge is 0.332 e. The van der Waals surface area contributed by atoms with Crippen LogP contribution in [0.25, 0.3) is 11.2 Å². The Balaban J connectivity index is 2.21. The molecule has 3 rings (SSSR count). The van der Waals surface area contributed by atoms with Crippen molar-refractivity contribution in [3.63, 3.8) is 0 Å². The van der Waals surface area contributed by atoms with Crippen LogP contribution >= 0.6 is 0 Å². The minimum Gasteiger partial charge on any atom is -0.548 e. The predicted molar refractivity (Wildman–Crippen MR) is 82.2 cm³/mol. The molecule has 0 aliphatic heterocycles. The Labute approximate surface area is 135 Å². The zero-order chi connectivity index (χ0) is 17.4. The summed E-state index contributed by atoms with van der Waals surface area (Å²) in [5.74, 6) is -1.35. The van der Waals surface area contributed by atoms with Gasteiger partial charge in [-0.2, -0.15) is 0 Å². The number of aliphatic carboxylic acids is 1. The predicted octanol–water partition coefficient (Wildman–Crippen LogP) is -1.64. The third-order valence-corrected chi connectivity index (χ3v) is 3.93. The van der Waals surface area contributed by atoms with Crippen LogP contribution in [0.15, 0.2) is 40.4 Å². The summed E-state index contributed by atoms with van der Waals surface area (Å²) in [5, 5.41) is 11.6. The van der Waals surface area contributed by atoms with Crippen molar-refractivity contribution >= 4 is 17.1 Å². The van der Waals surface area contributed by atoms with Crippen molar-refractivity contribution in [2.45, 2.75) is 12.5 Å². The van der Waals surface area contributed by atoms with Crippen molar-refractivity contribution in [3.8, 4) is 0 Å². The molecule has 1 atom stereocenters. The van der Waals surface area contributed by atoms with Crippen molar-refractivity contribution in [2.24, 2.45) is 14.1 Å². The lowest BCUT2D eigenvalue weighted by atomic mass is 10.1. The van der Waals surface area contributed by atoms with Crippen LogP contribution < -0.4 is 16.4 Å². The lowest BCUT2D eigenvalue weighted by Gasteiger charge is -2.20. The van der Waals surface area contributed by atoms with Crippen molar-refractivity contribution in [2.75, 3.05) is 0 Å². The lowest BCUT2D eigenvalue weighted by molar-refractivity contribution is -0.310. The molecule has 0 aliphatic rings. The van der Waals surface area contributed by atoms with Crippen LogP contribution in [0.3, 0.4) is 0 Å². The van der Waals surface area contributed by atoms with Crippen LogP contribution in [0.4, 0.5) is 0 Å². The van der Waals surface area contributed by atoms with E-state index in [0.717, 1.165) is 4.57 Å². The Hall–Kier alpha value is -3.23. The summed E-state index contributed by atoms with van der Waals surface area (Å²) < 4.78 is 3.35. The molecule has 0 aromatic carbocycles. The summed E-state index contributed by atoms with van der Waals surface area (Å²) in [7, 11) is 2.80. The third kappa shape index (κ3) is 2.39. The van der Waals surface area contributed by atoms with Crippen LogP contribution in [-0.4, -0.2) is 29.6 Å². The number of aromatic nitrogens is 5. The minimum absolute atomic E-state index is 0.0395. The quantitative estimate of drug-likeness (QED) is 0.567. The SMILES string of the molecule is Cn1c(=O)c2c(ncn2C(Cc2cccnc2)C(=O)[O-])n(C)c1=O. The molecule has 0 spiro atoms. The van der Waals surface area contributed by atoms with E-state index in [2.05, 4.69) is 9.97 Å². The topological polar surface area (TPSA) is 115 Å². The highest BCUT2D eigenvalue weighted by atomic mass is 16.4. The van der Waals surface area contributed by atoms with Gasteiger partial charge in [-0.3, -0.25) is 18.9 Å². The molecule has 1 unspecified atom stereocenters. The fraction of sp³-hybridized carbons (Fsp3) is 0.267. The van der Waals surface area contributed by atoms with E-state index in [0.29, 0.717) is 5.56 Å². The number of hydrogen-bond donors (Lipinski definition) is 0. The summed E-state index contributed by atoms with van der Waals surface area (Å²) in [6.07, 6.45) is 4.44. The number of nitrogens with zero attached hydrogens (tertiary/aromatic N) is 5. The molecule has 9 nitrogen and oxygen atoms in total. The van der Waals surface area contributed by atoms with Crippen molar-refractivity contribution < 1.29 is 9.90 Å². The second kappa shape index (κ2) is 5.76. The average Bonchev–Trinajstić information content (AvgIpc) is 3.01. The van der Waals surface area contributed by atoms with Gasteiger partial charge in [-0.05, 0) is 11.6 Å². The molecule has 24 heavy (non-hydrogen) atoms. The number of imidazole rings is 1. The van der Waals surface area contributed by atoms with Crippen molar-refractivity contribution in [1.82, 2.24) is 23.7 Å². The summed E-state index contributed by atoms with van der Waals surface area (Å²) in [5.41, 5.74) is -0.300. The van der Waals surface area contributed by atoms with Gasteiger partial charge in [0.25, 0.3) is 5.56 Å². The van der Waals surface area contributed by atoms with Gasteiger partial charge in [0.1, 0.15) is 0 Å². The van der Waals surface area contributed by atoms with E-state index in [1.54, 1.807) is 24.5 Å². The Bertz CT molecular complexity index is 1030. The molecule has 0 bridgehead atoms. The second-order valence-electron chi connectivity index (χ2n) is 5.43. The molecule has 9 heteroatoms. The largest absolute Gasteiger partial charge is 0.548 e. The maximum atomic E-state index is 12.4. The number of fused-ring (bicyclic) bond motifs is 1. The molecule has 0 N–H and O–H groups in total. The third-order valence-electron chi connectivity index (χ3n) is 3.93. The highest BCUT2D eigenvalue weighted by Crippen LogP contribution is 2.17. The number of aryl methyl sites for hydroxylation is 1. The zero-order valence-corrected chi connectivity index (χ0v) is 13.0. The van der Waals surface area contributed by atoms with Gasteiger partial charge < -0.3 is 14.5 Å². The monoisotopic (exact) mass is 328 g/mol. The van der Waals surface area contributed by atoms with E-state index in [-0.39, 0.29) is 17.6 Å². The normalized spacial score (nSPS) is 12.4. The molecule has 0 radical (unpaired) electrons. The Morgan fingerprint density at radius 1 is 1.29 bits per heavy atom. The van der Waals surface area contributed by atoms with E-state index < -0.39 is 23.3 Å². The van der Waals surface area contributed by atoms with E-state index >= 15 is 0 Å². The van der Waals surface area contributed by atoms with Crippen LogP contribution in [-0.2, 0) is 25.3 Å². The number of rotatable bonds is 4. The fourth-order valence-electron chi connectivity index (χ4n) is 2.64. The summed E-state index contributed by atoms with van der Waals surface area (Å²) in [6, 6.07) is 2.27. The van der Waals surface area contributed by atoms with Gasteiger partial charge in [0.2, 0.25) is 0 Å². The van der Waals surface area contributed by atoms with Crippen LogP contribution in [0.5, 0.6) is 0 Å². The van der Waals surface area contributed by atoms with Gasteiger partial charge >= 0.3 is 5.69 Å². The first-order chi connectivity index (χ1) is 11.4. The molecule has 0 saturated carbocycles. The molecule has 0 saturated heterocycles. The Morgan fingerprint density at radius 3 is 2.67 bits per heavy atom. The molecular weight excluding hydrogens is 314 g/mol. The van der Waals surface area contributed by atoms with Gasteiger partial charge in [0, 0.05) is 32.9 Å². The van der Waals surface area contributed by atoms with Gasteiger partial charge in [-0.25, -0.2) is 9.78 Å². The molecule has 3 heterocycles. The molecule has 0 fully saturated rings. The lowest BCUT2D eigenvalue weighted by Crippen LogP contribution is -2.39. The first-order valence-corrected chi connectivity index (χ1v) is 7.14. The van der Waals surface area contributed by atoms with E-state index in [1.807, 2.05) is 0 Å². The molecular formula is C15H14N5O4-. The number of carboxylic acids is 1. The van der Waals surface area contributed by atoms with Gasteiger partial charge in [-0.1, -0.05) is 6.07 Å². The van der Waals surface area contributed by atoms with E-state index in [1.165, 1.54) is 29.6 Å². The second-order valence-corrected chi connectivity index (χ2v) is 5.43. The minimum atomic E-state index is -1.35. The molecule has 124 valence electrons. The zero-order valence-electron chi connectivity index (χ0n) is 13.0. The number of pyridine rings is 1. The summed E-state index contributed by atoms with van der Waals surface area (Å²) >= 11 is 0. The number of carboxylic acid groups (broad SMARTS) is 1. The van der Waals surface area contributed by atoms with Crippen LogP contribution in [0.1, 0.15) is 11.6 Å². The van der Waals surface area contributed by atoms with E-state index in [4.69, 9.17) is 0 Å². The number of carbonyl (C=O) groups is 1. The Morgan fingerprint density at radius 2 is 2.04 bits per heavy atom. The van der Waals surface area contributed by atoms with Crippen LogP contribution in [0, 0.1) is 0 Å². The average molecular weight is 328 g/mol. The highest BCUT2D eigenvalue weighted by Gasteiger charge is 2.21. The maximum Gasteiger partial charge on any atom is 0.332 e. The van der Waals surface area contributed by atoms with Gasteiger partial charge in [0.15, 0.2) is 11.2 Å². The summed E-state index contributed by atoms with van der Waals surface area (Å²) in [6.45, 7) is 0. The molecule has 0 amide bonds. The number of carbonyl (C=O) groups excluding carboxylic acids is 1. The standard InChI is InChI=1S/C15H15N5O4/c1-18-12-11(13(21)19(2)15(18)24)20(8-17-12)10(14(22)23)6-9-4-3-5-16-7-9/h3-5,7-8,10H,6H2,1-2H3,(H,22,23)/p-1. The molecule has 0 aliphatic carbocycles. The van der Waals surface area contributed by atoms with Gasteiger partial charge in [-0.15, -0.1) is 0 Å². The highest BCUT2D eigenvalue weighted by molar-refractivity contribution is 5.76.